The third kappa shape index (κ3) is 4.31. The lowest BCUT2D eigenvalue weighted by atomic mass is 9.68. The summed E-state index contributed by atoms with van der Waals surface area (Å²) in [7, 11) is 1.27. The second kappa shape index (κ2) is 8.54. The van der Waals surface area contributed by atoms with Crippen LogP contribution in [-0.2, 0) is 19.1 Å². The van der Waals surface area contributed by atoms with Gasteiger partial charge in [0.05, 0.1) is 24.4 Å². The number of hydrogen-bond acceptors (Lipinski definition) is 7. The summed E-state index contributed by atoms with van der Waals surface area (Å²) in [5.41, 5.74) is 1.67. The van der Waals surface area contributed by atoms with Gasteiger partial charge in [0.25, 0.3) is 0 Å². The molecule has 0 aromatic rings. The molecule has 1 N–H and O–H groups in total. The number of ether oxygens (including phenoxy) is 2. The number of methoxy groups -OCH3 is 1. The van der Waals surface area contributed by atoms with E-state index < -0.39 is 29.8 Å². The lowest BCUT2D eigenvalue weighted by Gasteiger charge is -2.37. The van der Waals surface area contributed by atoms with E-state index in [1.54, 1.807) is 27.7 Å². The highest BCUT2D eigenvalue weighted by molar-refractivity contribution is 5.98. The quantitative estimate of drug-likeness (QED) is 0.444. The molecule has 0 amide bonds. The molecular weight excluding hydrogens is 352 g/mol. The van der Waals surface area contributed by atoms with E-state index >= 15 is 0 Å². The SMILES string of the molecule is COC(=O)C1=C(C)NC(C)=C(C(=O)OC(C)C)C1C1CCCCC1[N+](=O)[O-]. The Hall–Kier alpha value is -2.38. The first-order chi connectivity index (χ1) is 12.7. The number of carbonyl (C=O) groups excluding carboxylic acids is 2. The fraction of sp³-hybridized carbons (Fsp3) is 0.684. The minimum atomic E-state index is -0.816. The Labute approximate surface area is 159 Å². The Kier molecular flexibility index (Phi) is 6.62. The molecule has 1 saturated carbocycles. The molecule has 1 aliphatic heterocycles. The van der Waals surface area contributed by atoms with Crippen LogP contribution in [0.1, 0.15) is 53.4 Å². The van der Waals surface area contributed by atoms with Crippen molar-refractivity contribution in [2.45, 2.75) is 65.5 Å². The van der Waals surface area contributed by atoms with E-state index in [-0.39, 0.29) is 22.2 Å². The van der Waals surface area contributed by atoms with E-state index in [0.29, 0.717) is 24.2 Å². The molecule has 0 spiro atoms. The second-order valence-corrected chi connectivity index (χ2v) is 7.43. The largest absolute Gasteiger partial charge is 0.466 e. The number of allylic oxidation sites excluding steroid dienone is 2. The molecule has 0 aromatic carbocycles. The summed E-state index contributed by atoms with van der Waals surface area (Å²) in [4.78, 5) is 36.8. The lowest BCUT2D eigenvalue weighted by Crippen LogP contribution is -2.44. The van der Waals surface area contributed by atoms with Crippen LogP contribution in [0.3, 0.4) is 0 Å². The molecule has 8 nitrogen and oxygen atoms in total. The van der Waals surface area contributed by atoms with Crippen LogP contribution in [0.25, 0.3) is 0 Å². The fourth-order valence-corrected chi connectivity index (χ4v) is 4.19. The first-order valence-corrected chi connectivity index (χ1v) is 9.30. The molecule has 2 rings (SSSR count). The van der Waals surface area contributed by atoms with Crippen molar-refractivity contribution in [2.75, 3.05) is 7.11 Å². The molecule has 0 bridgehead atoms. The van der Waals surface area contributed by atoms with Gasteiger partial charge in [-0.15, -0.1) is 0 Å². The van der Waals surface area contributed by atoms with Crippen molar-refractivity contribution in [1.29, 1.82) is 0 Å². The fourth-order valence-electron chi connectivity index (χ4n) is 4.19. The zero-order valence-electron chi connectivity index (χ0n) is 16.5. The number of nitro groups is 1. The third-order valence-electron chi connectivity index (χ3n) is 5.25. The summed E-state index contributed by atoms with van der Waals surface area (Å²) in [5, 5.41) is 14.7. The zero-order chi connectivity index (χ0) is 20.3. The van der Waals surface area contributed by atoms with Crippen molar-refractivity contribution >= 4 is 11.9 Å². The molecule has 150 valence electrons. The van der Waals surface area contributed by atoms with Gasteiger partial charge < -0.3 is 14.8 Å². The van der Waals surface area contributed by atoms with Gasteiger partial charge in [-0.2, -0.15) is 0 Å². The number of rotatable bonds is 5. The Morgan fingerprint density at radius 1 is 1.11 bits per heavy atom. The van der Waals surface area contributed by atoms with Gasteiger partial charge in [0.1, 0.15) is 0 Å². The van der Waals surface area contributed by atoms with Crippen molar-refractivity contribution in [3.8, 4) is 0 Å². The minimum absolute atomic E-state index is 0.276. The Balaban J connectivity index is 2.59. The normalized spacial score (nSPS) is 25.9. The van der Waals surface area contributed by atoms with E-state index in [4.69, 9.17) is 9.47 Å². The summed E-state index contributed by atoms with van der Waals surface area (Å²) < 4.78 is 10.3. The summed E-state index contributed by atoms with van der Waals surface area (Å²) in [6.45, 7) is 6.92. The van der Waals surface area contributed by atoms with Crippen LogP contribution >= 0.6 is 0 Å². The molecule has 0 radical (unpaired) electrons. The van der Waals surface area contributed by atoms with Crippen LogP contribution < -0.4 is 5.32 Å². The summed E-state index contributed by atoms with van der Waals surface area (Å²) >= 11 is 0. The molecule has 1 aliphatic carbocycles. The predicted octanol–water partition coefficient (Wildman–Crippen LogP) is 2.71. The molecule has 0 aromatic heterocycles. The van der Waals surface area contributed by atoms with Crippen LogP contribution in [-0.4, -0.2) is 36.1 Å². The zero-order valence-corrected chi connectivity index (χ0v) is 16.5. The van der Waals surface area contributed by atoms with Crippen LogP contribution in [0.2, 0.25) is 0 Å². The Bertz CT molecular complexity index is 694. The number of hydrogen-bond donors (Lipinski definition) is 1. The second-order valence-electron chi connectivity index (χ2n) is 7.43. The minimum Gasteiger partial charge on any atom is -0.466 e. The van der Waals surface area contributed by atoms with Gasteiger partial charge >= 0.3 is 11.9 Å². The Morgan fingerprint density at radius 3 is 2.19 bits per heavy atom. The number of carbonyl (C=O) groups is 2. The van der Waals surface area contributed by atoms with Gasteiger partial charge in [-0.25, -0.2) is 9.59 Å². The maximum absolute atomic E-state index is 12.8. The van der Waals surface area contributed by atoms with Crippen molar-refractivity contribution < 1.29 is 24.0 Å². The summed E-state index contributed by atoms with van der Waals surface area (Å²) in [6, 6.07) is -0.816. The van der Waals surface area contributed by atoms with Gasteiger partial charge in [-0.05, 0) is 40.5 Å². The first-order valence-electron chi connectivity index (χ1n) is 9.30. The van der Waals surface area contributed by atoms with Gasteiger partial charge in [0, 0.05) is 34.6 Å². The Morgan fingerprint density at radius 2 is 1.67 bits per heavy atom. The standard InChI is InChI=1S/C19H28N2O6/c1-10(2)27-19(23)16-12(4)20-11(3)15(18(22)26-5)17(16)13-8-6-7-9-14(13)21(24)25/h10,13-14,17,20H,6-9H2,1-5H3. The number of esters is 2. The van der Waals surface area contributed by atoms with Crippen LogP contribution in [0.4, 0.5) is 0 Å². The van der Waals surface area contributed by atoms with E-state index in [2.05, 4.69) is 5.32 Å². The smallest absolute Gasteiger partial charge is 0.336 e. The number of dihydropyridines is 1. The maximum Gasteiger partial charge on any atom is 0.336 e. The van der Waals surface area contributed by atoms with Crippen LogP contribution in [0.15, 0.2) is 22.5 Å². The maximum atomic E-state index is 12.8. The molecule has 8 heteroatoms. The number of nitrogens with one attached hydrogen (secondary N) is 1. The van der Waals surface area contributed by atoms with E-state index in [9.17, 15) is 19.7 Å². The average molecular weight is 380 g/mol. The number of nitrogens with zero attached hydrogens (tertiary/aromatic N) is 1. The van der Waals surface area contributed by atoms with E-state index in [1.165, 1.54) is 7.11 Å². The molecule has 1 fully saturated rings. The van der Waals surface area contributed by atoms with Gasteiger partial charge in [-0.1, -0.05) is 6.42 Å². The molecule has 0 saturated heterocycles. The highest BCUT2D eigenvalue weighted by Crippen LogP contribution is 2.43. The topological polar surface area (TPSA) is 108 Å². The highest BCUT2D eigenvalue weighted by atomic mass is 16.6. The highest BCUT2D eigenvalue weighted by Gasteiger charge is 2.48. The third-order valence-corrected chi connectivity index (χ3v) is 5.25. The summed E-state index contributed by atoms with van der Waals surface area (Å²) in [6.07, 6.45) is 2.23. The summed E-state index contributed by atoms with van der Waals surface area (Å²) in [5.74, 6) is -2.33. The van der Waals surface area contributed by atoms with Crippen LogP contribution in [0.5, 0.6) is 0 Å². The van der Waals surface area contributed by atoms with Crippen molar-refractivity contribution in [3.05, 3.63) is 32.7 Å². The molecule has 2 aliphatic rings. The van der Waals surface area contributed by atoms with Crippen molar-refractivity contribution in [3.63, 3.8) is 0 Å². The molecule has 3 atom stereocenters. The predicted molar refractivity (Wildman–Crippen MR) is 98.0 cm³/mol. The lowest BCUT2D eigenvalue weighted by molar-refractivity contribution is -0.537. The van der Waals surface area contributed by atoms with E-state index in [1.807, 2.05) is 0 Å². The van der Waals surface area contributed by atoms with E-state index in [0.717, 1.165) is 12.8 Å². The van der Waals surface area contributed by atoms with Gasteiger partial charge in [0.15, 0.2) is 0 Å². The molecular formula is C19H28N2O6. The average Bonchev–Trinajstić information content (AvgIpc) is 2.59. The van der Waals surface area contributed by atoms with Gasteiger partial charge in [-0.3, -0.25) is 10.1 Å². The molecule has 3 unspecified atom stereocenters. The van der Waals surface area contributed by atoms with Crippen molar-refractivity contribution in [1.82, 2.24) is 5.32 Å². The monoisotopic (exact) mass is 380 g/mol. The van der Waals surface area contributed by atoms with Gasteiger partial charge in [0.2, 0.25) is 6.04 Å². The molecule has 1 heterocycles. The van der Waals surface area contributed by atoms with Crippen LogP contribution in [0, 0.1) is 22.0 Å². The molecule has 27 heavy (non-hydrogen) atoms. The first kappa shape index (κ1) is 20.9. The van der Waals surface area contributed by atoms with Crippen molar-refractivity contribution in [2.24, 2.45) is 11.8 Å².